The smallest absolute Gasteiger partial charge is 0.257 e. The molecule has 3 rings (SSSR count). The van der Waals surface area contributed by atoms with Gasteiger partial charge in [0, 0.05) is 37.1 Å². The van der Waals surface area contributed by atoms with Gasteiger partial charge in [-0.2, -0.15) is 0 Å². The Morgan fingerprint density at radius 3 is 2.70 bits per heavy atom. The van der Waals surface area contributed by atoms with E-state index in [1.54, 1.807) is 29.8 Å². The second-order valence-electron chi connectivity index (χ2n) is 6.87. The Balaban J connectivity index is 1.98. The summed E-state index contributed by atoms with van der Waals surface area (Å²) in [4.78, 5) is 30.4. The van der Waals surface area contributed by atoms with Crippen molar-refractivity contribution in [3.63, 3.8) is 0 Å². The maximum atomic E-state index is 13.1. The van der Waals surface area contributed by atoms with Crippen LogP contribution in [0.1, 0.15) is 35.0 Å². The van der Waals surface area contributed by atoms with Gasteiger partial charge in [-0.15, -0.1) is 0 Å². The van der Waals surface area contributed by atoms with E-state index in [1.807, 2.05) is 19.1 Å². The van der Waals surface area contributed by atoms with Crippen LogP contribution in [0.4, 0.5) is 0 Å². The Morgan fingerprint density at radius 1 is 1.30 bits per heavy atom. The zero-order valence-corrected chi connectivity index (χ0v) is 17.7. The lowest BCUT2D eigenvalue weighted by molar-refractivity contribution is 0.0949. The fourth-order valence-corrected chi connectivity index (χ4v) is 3.33. The number of fused-ring (bicyclic) bond motifs is 1. The fraction of sp³-hybridized carbons (Fsp3) is 0.318. The second kappa shape index (κ2) is 9.73. The van der Waals surface area contributed by atoms with Crippen molar-refractivity contribution in [2.75, 3.05) is 13.2 Å². The number of hydrogen-bond donors (Lipinski definition) is 2. The molecule has 0 fully saturated rings. The maximum absolute atomic E-state index is 13.1. The third kappa shape index (κ3) is 4.80. The number of ether oxygens (including phenoxy) is 1. The average molecular weight is 430 g/mol. The van der Waals surface area contributed by atoms with Gasteiger partial charge in [-0.25, -0.2) is 4.98 Å². The number of hydrogen-bond acceptors (Lipinski definition) is 5. The molecule has 0 aliphatic carbocycles. The number of nitrogens with zero attached hydrogens (tertiary/aromatic N) is 2. The van der Waals surface area contributed by atoms with Gasteiger partial charge in [0.2, 0.25) is 11.3 Å². The van der Waals surface area contributed by atoms with Crippen LogP contribution in [-0.2, 0) is 20.0 Å². The number of halogens is 1. The van der Waals surface area contributed by atoms with Gasteiger partial charge < -0.3 is 19.7 Å². The summed E-state index contributed by atoms with van der Waals surface area (Å²) in [7, 11) is 1.75. The van der Waals surface area contributed by atoms with Crippen molar-refractivity contribution in [3.8, 4) is 5.88 Å². The average Bonchev–Trinajstić information content (AvgIpc) is 2.74. The summed E-state index contributed by atoms with van der Waals surface area (Å²) in [6.45, 7) is 2.53. The van der Waals surface area contributed by atoms with Gasteiger partial charge in [0.15, 0.2) is 0 Å². The van der Waals surface area contributed by atoms with Crippen LogP contribution >= 0.6 is 11.6 Å². The molecule has 0 saturated heterocycles. The zero-order valence-electron chi connectivity index (χ0n) is 16.9. The maximum Gasteiger partial charge on any atom is 0.257 e. The van der Waals surface area contributed by atoms with Crippen molar-refractivity contribution in [2.45, 2.75) is 26.3 Å². The molecule has 0 bridgehead atoms. The summed E-state index contributed by atoms with van der Waals surface area (Å²) in [5.41, 5.74) is 1.70. The van der Waals surface area contributed by atoms with Crippen molar-refractivity contribution < 1.29 is 14.6 Å². The van der Waals surface area contributed by atoms with Crippen LogP contribution in [0, 0.1) is 0 Å². The largest absolute Gasteiger partial charge is 0.476 e. The summed E-state index contributed by atoms with van der Waals surface area (Å²) in [5.74, 6) is -0.116. The first kappa shape index (κ1) is 21.8. The molecule has 7 nitrogen and oxygen atoms in total. The molecule has 0 spiro atoms. The Hall–Kier alpha value is -2.90. The number of amides is 1. The number of aryl methyl sites for hydroxylation is 2. The summed E-state index contributed by atoms with van der Waals surface area (Å²) in [5, 5.41) is 12.9. The predicted molar refractivity (Wildman–Crippen MR) is 116 cm³/mol. The number of benzene rings is 1. The van der Waals surface area contributed by atoms with Crippen molar-refractivity contribution in [1.29, 1.82) is 0 Å². The third-order valence-electron chi connectivity index (χ3n) is 4.66. The first-order chi connectivity index (χ1) is 14.4. The van der Waals surface area contributed by atoms with Crippen LogP contribution < -0.4 is 15.5 Å². The first-order valence-electron chi connectivity index (χ1n) is 9.74. The van der Waals surface area contributed by atoms with E-state index < -0.39 is 5.91 Å². The third-order valence-corrected chi connectivity index (χ3v) is 4.91. The highest BCUT2D eigenvalue weighted by Gasteiger charge is 2.19. The Morgan fingerprint density at radius 2 is 2.03 bits per heavy atom. The summed E-state index contributed by atoms with van der Waals surface area (Å²) in [6.07, 6.45) is 2.52. The Bertz CT molecular complexity index is 1110. The van der Waals surface area contributed by atoms with Crippen LogP contribution in [0.15, 0.2) is 41.3 Å². The molecule has 0 saturated carbocycles. The number of carbonyl (C=O) groups excluding carboxylic acids is 1. The molecular formula is C22H24ClN3O4. The highest BCUT2D eigenvalue weighted by Crippen LogP contribution is 2.23. The molecule has 0 radical (unpaired) electrons. The number of aliphatic hydroxyl groups is 1. The Kier molecular flexibility index (Phi) is 7.07. The van der Waals surface area contributed by atoms with Gasteiger partial charge >= 0.3 is 0 Å². The van der Waals surface area contributed by atoms with E-state index in [1.165, 1.54) is 6.20 Å². The lowest BCUT2D eigenvalue weighted by Crippen LogP contribution is -2.29. The van der Waals surface area contributed by atoms with Crippen molar-refractivity contribution in [2.24, 2.45) is 7.05 Å². The number of rotatable bonds is 8. The van der Waals surface area contributed by atoms with Crippen LogP contribution in [0.5, 0.6) is 5.88 Å². The molecule has 3 aromatic rings. The normalized spacial score (nSPS) is 10.9. The molecular weight excluding hydrogens is 406 g/mol. The van der Waals surface area contributed by atoms with E-state index in [0.717, 1.165) is 5.56 Å². The van der Waals surface area contributed by atoms with E-state index in [2.05, 4.69) is 10.3 Å². The van der Waals surface area contributed by atoms with Gasteiger partial charge in [-0.05, 0) is 43.5 Å². The molecule has 1 aromatic carbocycles. The monoisotopic (exact) mass is 429 g/mol. The molecule has 2 N–H and O–H groups in total. The van der Waals surface area contributed by atoms with Gasteiger partial charge in [0.25, 0.3) is 5.91 Å². The molecule has 1 amide bonds. The minimum absolute atomic E-state index is 0.0227. The molecule has 0 atom stereocenters. The molecule has 8 heteroatoms. The second-order valence-corrected chi connectivity index (χ2v) is 7.30. The lowest BCUT2D eigenvalue weighted by Gasteiger charge is -2.14. The molecule has 158 valence electrons. The van der Waals surface area contributed by atoms with Gasteiger partial charge in [-0.1, -0.05) is 23.7 Å². The van der Waals surface area contributed by atoms with Crippen LogP contribution in [-0.4, -0.2) is 33.8 Å². The molecule has 0 aliphatic heterocycles. The highest BCUT2D eigenvalue weighted by atomic mass is 35.5. The molecule has 2 heterocycles. The molecule has 30 heavy (non-hydrogen) atoms. The van der Waals surface area contributed by atoms with E-state index in [4.69, 9.17) is 21.4 Å². The van der Waals surface area contributed by atoms with E-state index >= 15 is 0 Å². The van der Waals surface area contributed by atoms with E-state index in [0.29, 0.717) is 46.9 Å². The number of nitrogens with one attached hydrogen (secondary N) is 1. The fourth-order valence-electron chi connectivity index (χ4n) is 3.21. The van der Waals surface area contributed by atoms with Gasteiger partial charge in [0.05, 0.1) is 12.0 Å². The Labute approximate surface area is 179 Å². The van der Waals surface area contributed by atoms with E-state index in [-0.39, 0.29) is 24.1 Å². The van der Waals surface area contributed by atoms with Crippen LogP contribution in [0.2, 0.25) is 5.02 Å². The SMILES string of the molecule is CCOc1nc(CCCO)cc2c(=O)c(C(=O)NCc3ccc(Cl)cc3)cn(C)c12. The lowest BCUT2D eigenvalue weighted by atomic mass is 10.1. The number of pyridine rings is 2. The van der Waals surface area contributed by atoms with E-state index in [9.17, 15) is 9.59 Å². The summed E-state index contributed by atoms with van der Waals surface area (Å²) < 4.78 is 7.33. The highest BCUT2D eigenvalue weighted by molar-refractivity contribution is 6.30. The zero-order chi connectivity index (χ0) is 21.7. The van der Waals surface area contributed by atoms with Gasteiger partial charge in [-0.3, -0.25) is 9.59 Å². The molecule has 0 unspecified atom stereocenters. The summed E-state index contributed by atoms with van der Waals surface area (Å²) in [6, 6.07) is 8.79. The first-order valence-corrected chi connectivity index (χ1v) is 10.1. The quantitative estimate of drug-likeness (QED) is 0.574. The molecule has 0 aliphatic rings. The number of carbonyl (C=O) groups is 1. The topological polar surface area (TPSA) is 93.5 Å². The number of aromatic nitrogens is 2. The summed E-state index contributed by atoms with van der Waals surface area (Å²) >= 11 is 5.88. The molecule has 2 aromatic heterocycles. The van der Waals surface area contributed by atoms with Crippen molar-refractivity contribution in [1.82, 2.24) is 14.9 Å². The number of aliphatic hydroxyl groups excluding tert-OH is 1. The van der Waals surface area contributed by atoms with Crippen LogP contribution in [0.3, 0.4) is 0 Å². The minimum Gasteiger partial charge on any atom is -0.476 e. The predicted octanol–water partition coefficient (Wildman–Crippen LogP) is 2.84. The van der Waals surface area contributed by atoms with Crippen molar-refractivity contribution in [3.05, 3.63) is 68.6 Å². The standard InChI is InChI=1S/C22H24ClN3O4/c1-3-30-22-19-17(11-16(25-22)5-4-10-27)20(28)18(13-26(19)2)21(29)24-12-14-6-8-15(23)9-7-14/h6-9,11,13,27H,3-5,10,12H2,1-2H3,(H,24,29). The van der Waals surface area contributed by atoms with Crippen LogP contribution in [0.25, 0.3) is 10.9 Å². The minimum atomic E-state index is -0.459. The van der Waals surface area contributed by atoms with Gasteiger partial charge in [0.1, 0.15) is 11.1 Å². The van der Waals surface area contributed by atoms with Crippen molar-refractivity contribution >= 4 is 28.4 Å².